The molecule has 1 atom stereocenters. The third-order valence-corrected chi connectivity index (χ3v) is 4.89. The fraction of sp³-hybridized carbons (Fsp3) is 0.562. The second-order valence-corrected chi connectivity index (χ2v) is 6.39. The topological polar surface area (TPSA) is 43.8 Å². The van der Waals surface area contributed by atoms with Crippen molar-refractivity contribution in [2.75, 3.05) is 22.9 Å². The van der Waals surface area contributed by atoms with Crippen LogP contribution in [0.5, 0.6) is 0 Å². The molecule has 4 nitrogen and oxygen atoms in total. The molecule has 6 heteroatoms. The summed E-state index contributed by atoms with van der Waals surface area (Å²) in [6.45, 7) is 6.09. The van der Waals surface area contributed by atoms with Crippen molar-refractivity contribution >= 4 is 40.5 Å². The molecular formula is C16H22Cl2N2O2. The lowest BCUT2D eigenvalue weighted by molar-refractivity contribution is -0.137. The van der Waals surface area contributed by atoms with Crippen LogP contribution in [0, 0.1) is 0 Å². The van der Waals surface area contributed by atoms with E-state index >= 15 is 0 Å². The van der Waals surface area contributed by atoms with Crippen molar-refractivity contribution < 1.29 is 9.90 Å². The highest BCUT2D eigenvalue weighted by atomic mass is 35.5. The van der Waals surface area contributed by atoms with E-state index in [1.165, 1.54) is 0 Å². The van der Waals surface area contributed by atoms with Crippen LogP contribution in [0.25, 0.3) is 0 Å². The number of halogens is 2. The molecule has 1 aliphatic rings. The third kappa shape index (κ3) is 3.61. The molecule has 0 aliphatic carbocycles. The van der Waals surface area contributed by atoms with Crippen LogP contribution in [0.1, 0.15) is 39.5 Å². The summed E-state index contributed by atoms with van der Waals surface area (Å²) in [6, 6.07) is 3.87. The van der Waals surface area contributed by atoms with Crippen LogP contribution in [0.4, 0.5) is 11.4 Å². The first kappa shape index (κ1) is 17.2. The molecule has 1 aliphatic heterocycles. The lowest BCUT2D eigenvalue weighted by atomic mass is 10.2. The molecule has 1 aromatic carbocycles. The number of carboxylic acids is 1. The van der Waals surface area contributed by atoms with Crippen LogP contribution in [0.15, 0.2) is 12.1 Å². The van der Waals surface area contributed by atoms with Crippen molar-refractivity contribution in [3.05, 3.63) is 22.2 Å². The molecular weight excluding hydrogens is 323 g/mol. The summed E-state index contributed by atoms with van der Waals surface area (Å²) >= 11 is 12.3. The number of carboxylic acid groups (broad SMARTS) is 1. The Morgan fingerprint density at radius 2 is 1.73 bits per heavy atom. The van der Waals surface area contributed by atoms with Crippen LogP contribution in [-0.4, -0.2) is 30.3 Å². The molecule has 0 aromatic heterocycles. The molecule has 1 heterocycles. The van der Waals surface area contributed by atoms with Crippen molar-refractivity contribution in [3.8, 4) is 0 Å². The Balaban J connectivity index is 2.06. The van der Waals surface area contributed by atoms with Crippen LogP contribution >= 0.6 is 23.2 Å². The predicted molar refractivity (Wildman–Crippen MR) is 92.4 cm³/mol. The minimum Gasteiger partial charge on any atom is -0.481 e. The summed E-state index contributed by atoms with van der Waals surface area (Å²) in [6.07, 6.45) is 3.11. The van der Waals surface area contributed by atoms with Gasteiger partial charge in [-0.15, -0.1) is 0 Å². The lowest BCUT2D eigenvalue weighted by Gasteiger charge is -2.29. The maximum Gasteiger partial charge on any atom is 0.303 e. The minimum absolute atomic E-state index is 0.245. The number of carbonyl (C=O) groups is 1. The van der Waals surface area contributed by atoms with Gasteiger partial charge in [0.25, 0.3) is 0 Å². The van der Waals surface area contributed by atoms with E-state index in [1.807, 2.05) is 12.1 Å². The smallest absolute Gasteiger partial charge is 0.303 e. The molecule has 0 saturated heterocycles. The number of fused-ring (bicyclic) bond motifs is 1. The van der Waals surface area contributed by atoms with Gasteiger partial charge in [0.15, 0.2) is 0 Å². The summed E-state index contributed by atoms with van der Waals surface area (Å²) < 4.78 is 0. The third-order valence-electron chi connectivity index (χ3n) is 4.17. The van der Waals surface area contributed by atoms with E-state index in [2.05, 4.69) is 23.6 Å². The van der Waals surface area contributed by atoms with Gasteiger partial charge < -0.3 is 14.9 Å². The highest BCUT2D eigenvalue weighted by Crippen LogP contribution is 2.43. The van der Waals surface area contributed by atoms with Gasteiger partial charge in [0.2, 0.25) is 0 Å². The highest BCUT2D eigenvalue weighted by Gasteiger charge is 2.32. The molecule has 0 saturated carbocycles. The van der Waals surface area contributed by atoms with Crippen molar-refractivity contribution in [3.63, 3.8) is 0 Å². The Hall–Kier alpha value is -1.13. The normalized spacial score (nSPS) is 17.0. The van der Waals surface area contributed by atoms with E-state index < -0.39 is 5.97 Å². The fourth-order valence-corrected chi connectivity index (χ4v) is 3.35. The Morgan fingerprint density at radius 1 is 1.14 bits per heavy atom. The zero-order chi connectivity index (χ0) is 16.3. The van der Waals surface area contributed by atoms with Crippen LogP contribution in [0.3, 0.4) is 0 Å². The molecule has 2 rings (SSSR count). The van der Waals surface area contributed by atoms with Crippen LogP contribution in [0.2, 0.25) is 10.0 Å². The molecule has 0 amide bonds. The van der Waals surface area contributed by atoms with E-state index in [9.17, 15) is 4.79 Å². The Morgan fingerprint density at radius 3 is 2.27 bits per heavy atom. The van der Waals surface area contributed by atoms with Crippen LogP contribution in [-0.2, 0) is 4.79 Å². The average molecular weight is 345 g/mol. The molecule has 0 spiro atoms. The van der Waals surface area contributed by atoms with Crippen molar-refractivity contribution in [2.45, 2.75) is 45.7 Å². The van der Waals surface area contributed by atoms with Gasteiger partial charge in [0, 0.05) is 19.5 Å². The lowest BCUT2D eigenvalue weighted by Crippen LogP contribution is -2.41. The number of anilines is 2. The van der Waals surface area contributed by atoms with Crippen molar-refractivity contribution in [1.82, 2.24) is 0 Å². The number of hydrogen-bond acceptors (Lipinski definition) is 3. The van der Waals surface area contributed by atoms with E-state index in [0.717, 1.165) is 43.7 Å². The van der Waals surface area contributed by atoms with Gasteiger partial charge in [0.05, 0.1) is 27.6 Å². The first-order chi connectivity index (χ1) is 10.5. The summed E-state index contributed by atoms with van der Waals surface area (Å²) in [4.78, 5) is 15.2. The van der Waals surface area contributed by atoms with Gasteiger partial charge in [-0.05, 0) is 38.8 Å². The van der Waals surface area contributed by atoms with Gasteiger partial charge >= 0.3 is 5.97 Å². The summed E-state index contributed by atoms with van der Waals surface area (Å²) in [5, 5.41) is 9.82. The minimum atomic E-state index is -0.724. The number of benzene rings is 1. The number of aliphatic carboxylic acids is 1. The Labute approximate surface area is 141 Å². The molecule has 0 radical (unpaired) electrons. The quantitative estimate of drug-likeness (QED) is 0.732. The average Bonchev–Trinajstić information content (AvgIpc) is 2.70. The molecule has 1 aromatic rings. The first-order valence-corrected chi connectivity index (χ1v) is 8.45. The maximum atomic E-state index is 10.5. The van der Waals surface area contributed by atoms with E-state index in [0.29, 0.717) is 10.0 Å². The van der Waals surface area contributed by atoms with Crippen LogP contribution < -0.4 is 9.80 Å². The number of nitrogens with zero attached hydrogens (tertiary/aromatic N) is 2. The Kier molecular flexibility index (Phi) is 5.81. The summed E-state index contributed by atoms with van der Waals surface area (Å²) in [5.41, 5.74) is 2.23. The molecule has 22 heavy (non-hydrogen) atoms. The molecule has 1 unspecified atom stereocenters. The summed E-state index contributed by atoms with van der Waals surface area (Å²) in [5.74, 6) is -0.724. The van der Waals surface area contributed by atoms with E-state index in [1.54, 1.807) is 0 Å². The van der Waals surface area contributed by atoms with Gasteiger partial charge in [0.1, 0.15) is 0 Å². The number of unbranched alkanes of at least 4 members (excludes halogenated alkanes) is 2. The predicted octanol–water partition coefficient (Wildman–Crippen LogP) is 4.63. The van der Waals surface area contributed by atoms with E-state index in [4.69, 9.17) is 28.3 Å². The monoisotopic (exact) mass is 344 g/mol. The zero-order valence-electron chi connectivity index (χ0n) is 13.0. The molecule has 1 N–H and O–H groups in total. The molecule has 0 fully saturated rings. The first-order valence-electron chi connectivity index (χ1n) is 7.69. The number of hydrogen-bond donors (Lipinski definition) is 1. The largest absolute Gasteiger partial charge is 0.481 e. The highest BCUT2D eigenvalue weighted by molar-refractivity contribution is 6.42. The van der Waals surface area contributed by atoms with Gasteiger partial charge in [-0.2, -0.15) is 0 Å². The standard InChI is InChI=1S/C16H22Cl2N2O2/c1-3-19-11(2)20(8-6-4-5-7-16(21)22)15-10-13(18)12(17)9-14(15)19/h9-11H,3-8H2,1-2H3,(H,21,22). The SMILES string of the molecule is CCN1c2cc(Cl)c(Cl)cc2N(CCCCCC(=O)O)C1C. The van der Waals surface area contributed by atoms with Gasteiger partial charge in [-0.1, -0.05) is 29.6 Å². The number of rotatable bonds is 7. The van der Waals surface area contributed by atoms with Crippen molar-refractivity contribution in [1.29, 1.82) is 0 Å². The molecule has 0 bridgehead atoms. The zero-order valence-corrected chi connectivity index (χ0v) is 14.5. The Bertz CT molecular complexity index is 551. The summed E-state index contributed by atoms with van der Waals surface area (Å²) in [7, 11) is 0. The fourth-order valence-electron chi connectivity index (χ4n) is 3.03. The second-order valence-electron chi connectivity index (χ2n) is 5.57. The maximum absolute atomic E-state index is 10.5. The van der Waals surface area contributed by atoms with E-state index in [-0.39, 0.29) is 12.6 Å². The second kappa shape index (κ2) is 7.42. The van der Waals surface area contributed by atoms with Gasteiger partial charge in [-0.3, -0.25) is 4.79 Å². The molecule has 122 valence electrons. The van der Waals surface area contributed by atoms with Crippen molar-refractivity contribution in [2.24, 2.45) is 0 Å². The van der Waals surface area contributed by atoms with Gasteiger partial charge in [-0.25, -0.2) is 0 Å².